The van der Waals surface area contributed by atoms with E-state index in [2.05, 4.69) is 4.90 Å². The van der Waals surface area contributed by atoms with Crippen molar-refractivity contribution in [3.63, 3.8) is 0 Å². The maximum Gasteiger partial charge on any atom is 0.267 e. The first-order valence-electron chi connectivity index (χ1n) is 11.5. The van der Waals surface area contributed by atoms with Crippen molar-refractivity contribution in [2.45, 2.75) is 39.8 Å². The fraction of sp³-hybridized carbons (Fsp3) is 0.500. The number of aromatic nitrogens is 3. The molecule has 1 amide bonds. The highest BCUT2D eigenvalue weighted by Crippen LogP contribution is 2.15. The number of aryl methyl sites for hydroxylation is 2. The molecule has 1 N–H and O–H groups in total. The number of piperazine rings is 1. The lowest BCUT2D eigenvalue weighted by molar-refractivity contribution is 0.0661. The van der Waals surface area contributed by atoms with Gasteiger partial charge in [0.25, 0.3) is 11.5 Å². The molecule has 3 aromatic heterocycles. The third-order valence-corrected chi connectivity index (χ3v) is 6.13. The van der Waals surface area contributed by atoms with Gasteiger partial charge in [-0.3, -0.25) is 19.4 Å². The molecule has 0 radical (unpaired) electrons. The second kappa shape index (κ2) is 9.44. The Bertz CT molecular complexity index is 1300. The molecular weight excluding hydrogens is 420 g/mol. The molecule has 176 valence electrons. The smallest absolute Gasteiger partial charge is 0.267 e. The zero-order chi connectivity index (χ0) is 23.7. The number of carbonyl (C=O) groups excluding carboxylic acids is 1. The number of ether oxygens (including phenoxy) is 1. The number of amides is 1. The molecule has 1 aliphatic rings. The van der Waals surface area contributed by atoms with Gasteiger partial charge in [0.15, 0.2) is 0 Å². The Hall–Kier alpha value is -3.04. The standard InChI is InChI=1S/C24H32N6O3/c1-16(2)33-14-6-9-29-20(25)18(23(31)28-12-10-27(4)11-13-28)15-19-22(29)26-21-17(3)7-5-8-30(21)24(19)32/h5,7-8,15-16,25H,6,9-14H2,1-4H3. The van der Waals surface area contributed by atoms with E-state index in [-0.39, 0.29) is 28.6 Å². The highest BCUT2D eigenvalue weighted by atomic mass is 16.5. The Kier molecular flexibility index (Phi) is 6.62. The average Bonchev–Trinajstić information content (AvgIpc) is 2.78. The summed E-state index contributed by atoms with van der Waals surface area (Å²) in [7, 11) is 2.03. The van der Waals surface area contributed by atoms with E-state index in [0.29, 0.717) is 49.3 Å². The minimum Gasteiger partial charge on any atom is -0.379 e. The lowest BCUT2D eigenvalue weighted by Crippen LogP contribution is -2.48. The van der Waals surface area contributed by atoms with E-state index < -0.39 is 0 Å². The van der Waals surface area contributed by atoms with Crippen molar-refractivity contribution in [3.8, 4) is 0 Å². The van der Waals surface area contributed by atoms with E-state index in [1.54, 1.807) is 21.7 Å². The van der Waals surface area contributed by atoms with Gasteiger partial charge in [0, 0.05) is 45.5 Å². The molecule has 0 atom stereocenters. The van der Waals surface area contributed by atoms with Crippen LogP contribution in [0.2, 0.25) is 0 Å². The topological polar surface area (TPSA) is 95.9 Å². The van der Waals surface area contributed by atoms with E-state index in [1.165, 1.54) is 4.40 Å². The maximum atomic E-state index is 13.4. The molecule has 4 rings (SSSR count). The number of hydrogen-bond donors (Lipinski definition) is 1. The second-order valence-corrected chi connectivity index (χ2v) is 8.97. The Balaban J connectivity index is 1.86. The number of nitrogens with zero attached hydrogens (tertiary/aromatic N) is 5. The van der Waals surface area contributed by atoms with Gasteiger partial charge in [0.05, 0.1) is 17.1 Å². The van der Waals surface area contributed by atoms with Gasteiger partial charge in [-0.25, -0.2) is 4.98 Å². The summed E-state index contributed by atoms with van der Waals surface area (Å²) >= 11 is 0. The zero-order valence-corrected chi connectivity index (χ0v) is 19.8. The van der Waals surface area contributed by atoms with Crippen molar-refractivity contribution in [2.75, 3.05) is 39.8 Å². The Morgan fingerprint density at radius 3 is 2.64 bits per heavy atom. The van der Waals surface area contributed by atoms with Crippen molar-refractivity contribution < 1.29 is 9.53 Å². The predicted octanol–water partition coefficient (Wildman–Crippen LogP) is 1.64. The summed E-state index contributed by atoms with van der Waals surface area (Å²) < 4.78 is 8.87. The van der Waals surface area contributed by atoms with E-state index in [1.807, 2.05) is 40.0 Å². The molecule has 0 aliphatic carbocycles. The maximum absolute atomic E-state index is 13.4. The van der Waals surface area contributed by atoms with Crippen LogP contribution in [0.15, 0.2) is 29.2 Å². The predicted molar refractivity (Wildman–Crippen MR) is 127 cm³/mol. The first kappa shape index (κ1) is 23.1. The molecule has 1 saturated heterocycles. The molecule has 0 unspecified atom stereocenters. The van der Waals surface area contributed by atoms with Gasteiger partial charge in [-0.1, -0.05) is 6.07 Å². The summed E-state index contributed by atoms with van der Waals surface area (Å²) in [5, 5.41) is 9.23. The fourth-order valence-corrected chi connectivity index (χ4v) is 4.20. The van der Waals surface area contributed by atoms with Crippen LogP contribution in [0.4, 0.5) is 0 Å². The van der Waals surface area contributed by atoms with Crippen LogP contribution >= 0.6 is 0 Å². The molecule has 33 heavy (non-hydrogen) atoms. The number of likely N-dealkylation sites (N-methyl/N-ethyl adjacent to an activating group) is 1. The van der Waals surface area contributed by atoms with Gasteiger partial charge in [-0.2, -0.15) is 0 Å². The third kappa shape index (κ3) is 4.56. The van der Waals surface area contributed by atoms with Crippen LogP contribution in [-0.2, 0) is 11.3 Å². The number of nitrogens with one attached hydrogen (secondary N) is 1. The number of carbonyl (C=O) groups is 1. The molecule has 9 nitrogen and oxygen atoms in total. The summed E-state index contributed by atoms with van der Waals surface area (Å²) in [5.74, 6) is -0.212. The van der Waals surface area contributed by atoms with E-state index in [9.17, 15) is 9.59 Å². The van der Waals surface area contributed by atoms with Crippen molar-refractivity contribution in [1.29, 1.82) is 5.41 Å². The Morgan fingerprint density at radius 2 is 1.94 bits per heavy atom. The van der Waals surface area contributed by atoms with E-state index in [0.717, 1.165) is 18.7 Å². The van der Waals surface area contributed by atoms with Crippen molar-refractivity contribution >= 4 is 22.6 Å². The monoisotopic (exact) mass is 452 g/mol. The largest absolute Gasteiger partial charge is 0.379 e. The molecule has 9 heteroatoms. The van der Waals surface area contributed by atoms with Crippen LogP contribution in [0.25, 0.3) is 16.7 Å². The molecule has 0 saturated carbocycles. The lowest BCUT2D eigenvalue weighted by Gasteiger charge is -2.32. The fourth-order valence-electron chi connectivity index (χ4n) is 4.20. The normalized spacial score (nSPS) is 15.1. The SMILES string of the molecule is Cc1cccn2c(=O)c3cc(C(=O)N4CCN(C)CC4)c(=N)n(CCCOC(C)C)c3nc12. The number of fused-ring (bicyclic) bond motifs is 2. The van der Waals surface area contributed by atoms with Gasteiger partial charge >= 0.3 is 0 Å². The molecular formula is C24H32N6O3. The van der Waals surface area contributed by atoms with Gasteiger partial charge < -0.3 is 19.1 Å². The van der Waals surface area contributed by atoms with Crippen LogP contribution in [0, 0.1) is 12.3 Å². The average molecular weight is 453 g/mol. The minimum absolute atomic E-state index is 0.0841. The van der Waals surface area contributed by atoms with Crippen LogP contribution in [0.1, 0.15) is 36.2 Å². The number of pyridine rings is 2. The molecule has 1 aliphatic heterocycles. The van der Waals surface area contributed by atoms with Crippen molar-refractivity contribution in [1.82, 2.24) is 23.8 Å². The van der Waals surface area contributed by atoms with Crippen LogP contribution in [-0.4, -0.2) is 75.6 Å². The van der Waals surface area contributed by atoms with Crippen LogP contribution in [0.3, 0.4) is 0 Å². The van der Waals surface area contributed by atoms with E-state index in [4.69, 9.17) is 15.1 Å². The van der Waals surface area contributed by atoms with E-state index >= 15 is 0 Å². The van der Waals surface area contributed by atoms with Gasteiger partial charge in [0.2, 0.25) is 0 Å². The second-order valence-electron chi connectivity index (χ2n) is 8.97. The van der Waals surface area contributed by atoms with Gasteiger partial charge in [-0.15, -0.1) is 0 Å². The quantitative estimate of drug-likeness (QED) is 0.453. The number of hydrogen-bond acceptors (Lipinski definition) is 6. The summed E-state index contributed by atoms with van der Waals surface area (Å²) in [6.07, 6.45) is 2.45. The highest BCUT2D eigenvalue weighted by Gasteiger charge is 2.24. The molecule has 3 aromatic rings. The number of rotatable bonds is 6. The summed E-state index contributed by atoms with van der Waals surface area (Å²) in [6, 6.07) is 5.27. The van der Waals surface area contributed by atoms with Crippen LogP contribution in [0.5, 0.6) is 0 Å². The Labute approximate surface area is 192 Å². The lowest BCUT2D eigenvalue weighted by atomic mass is 10.1. The molecule has 0 bridgehead atoms. The Morgan fingerprint density at radius 1 is 1.21 bits per heavy atom. The first-order chi connectivity index (χ1) is 15.8. The minimum atomic E-state index is -0.238. The van der Waals surface area contributed by atoms with Crippen molar-refractivity contribution in [2.24, 2.45) is 0 Å². The van der Waals surface area contributed by atoms with Gasteiger partial charge in [0.1, 0.15) is 16.8 Å². The van der Waals surface area contributed by atoms with Crippen LogP contribution < -0.4 is 11.0 Å². The van der Waals surface area contributed by atoms with Crippen molar-refractivity contribution in [3.05, 3.63) is 51.4 Å². The first-order valence-corrected chi connectivity index (χ1v) is 11.5. The summed E-state index contributed by atoms with van der Waals surface area (Å²) in [4.78, 5) is 35.5. The summed E-state index contributed by atoms with van der Waals surface area (Å²) in [5.41, 5.74) is 1.94. The third-order valence-electron chi connectivity index (χ3n) is 6.13. The van der Waals surface area contributed by atoms with Gasteiger partial charge in [-0.05, 0) is 51.9 Å². The molecule has 1 fully saturated rings. The zero-order valence-electron chi connectivity index (χ0n) is 19.8. The molecule has 0 aromatic carbocycles. The molecule has 4 heterocycles. The summed E-state index contributed by atoms with van der Waals surface area (Å²) in [6.45, 7) is 9.58. The highest BCUT2D eigenvalue weighted by molar-refractivity contribution is 5.97. The molecule has 0 spiro atoms.